The number of rotatable bonds is 1. The number of thiophene rings is 1. The van der Waals surface area contributed by atoms with Crippen LogP contribution in [0.4, 0.5) is 0 Å². The third-order valence-corrected chi connectivity index (χ3v) is 5.68. The minimum Gasteiger partial charge on any atom is -0.252 e. The highest BCUT2D eigenvalue weighted by molar-refractivity contribution is 7.22. The fourth-order valence-corrected chi connectivity index (χ4v) is 4.02. The molecule has 2 nitrogen and oxygen atoms in total. The normalized spacial score (nSPS) is 11.4. The SMILES string of the molecule is Cc1c(-c2cnc3cc(Cl)c(Cl)cc3n2)sc2ccccc12. The third kappa shape index (κ3) is 2.17. The molecule has 5 heteroatoms. The smallest absolute Gasteiger partial charge is 0.0995 e. The highest BCUT2D eigenvalue weighted by atomic mass is 35.5. The average molecular weight is 345 g/mol. The zero-order valence-corrected chi connectivity index (χ0v) is 13.9. The molecule has 0 atom stereocenters. The number of hydrogen-bond donors (Lipinski definition) is 0. The Bertz CT molecular complexity index is 1020. The van der Waals surface area contributed by atoms with Crippen molar-refractivity contribution in [3.8, 4) is 10.6 Å². The molecule has 0 unspecified atom stereocenters. The molecule has 0 fully saturated rings. The van der Waals surface area contributed by atoms with E-state index < -0.39 is 0 Å². The number of aryl methyl sites for hydroxylation is 1. The van der Waals surface area contributed by atoms with Gasteiger partial charge in [0.15, 0.2) is 0 Å². The van der Waals surface area contributed by atoms with Crippen LogP contribution in [0.25, 0.3) is 31.7 Å². The van der Waals surface area contributed by atoms with E-state index in [2.05, 4.69) is 36.2 Å². The van der Waals surface area contributed by atoms with Gasteiger partial charge in [-0.25, -0.2) is 4.98 Å². The number of aromatic nitrogens is 2. The summed E-state index contributed by atoms with van der Waals surface area (Å²) in [5, 5.41) is 2.25. The first kappa shape index (κ1) is 13.9. The van der Waals surface area contributed by atoms with E-state index in [-0.39, 0.29) is 0 Å². The molecule has 0 saturated carbocycles. The lowest BCUT2D eigenvalue weighted by Gasteiger charge is -2.03. The van der Waals surface area contributed by atoms with Gasteiger partial charge in [-0.3, -0.25) is 4.98 Å². The van der Waals surface area contributed by atoms with E-state index >= 15 is 0 Å². The predicted molar refractivity (Wildman–Crippen MR) is 95.1 cm³/mol. The first-order valence-electron chi connectivity index (χ1n) is 6.74. The summed E-state index contributed by atoms with van der Waals surface area (Å²) in [4.78, 5) is 10.3. The topological polar surface area (TPSA) is 25.8 Å². The molecule has 2 aromatic carbocycles. The quantitative estimate of drug-likeness (QED) is 0.415. The molecular weight excluding hydrogens is 335 g/mol. The van der Waals surface area contributed by atoms with Gasteiger partial charge in [-0.2, -0.15) is 0 Å². The molecule has 2 aromatic heterocycles. The van der Waals surface area contributed by atoms with E-state index in [1.165, 1.54) is 15.6 Å². The second kappa shape index (κ2) is 5.20. The fraction of sp³-hybridized carbons (Fsp3) is 0.0588. The van der Waals surface area contributed by atoms with Gasteiger partial charge in [-0.05, 0) is 36.1 Å². The second-order valence-electron chi connectivity index (χ2n) is 5.06. The standard InChI is InChI=1S/C17H10Cl2N2S/c1-9-10-4-2-3-5-16(10)22-17(9)15-8-20-13-6-11(18)12(19)7-14(13)21-15/h2-8H,1H3. The van der Waals surface area contributed by atoms with Crippen molar-refractivity contribution in [3.63, 3.8) is 0 Å². The zero-order valence-electron chi connectivity index (χ0n) is 11.6. The molecule has 0 aliphatic heterocycles. The summed E-state index contributed by atoms with van der Waals surface area (Å²) in [5.41, 5.74) is 3.60. The summed E-state index contributed by atoms with van der Waals surface area (Å²) in [6.07, 6.45) is 1.80. The van der Waals surface area contributed by atoms with Crippen LogP contribution in [-0.2, 0) is 0 Å². The maximum absolute atomic E-state index is 6.08. The molecule has 0 saturated heterocycles. The van der Waals surface area contributed by atoms with Crippen LogP contribution in [0.5, 0.6) is 0 Å². The van der Waals surface area contributed by atoms with Gasteiger partial charge >= 0.3 is 0 Å². The summed E-state index contributed by atoms with van der Waals surface area (Å²) in [6, 6.07) is 11.9. The molecule has 4 aromatic rings. The molecule has 0 radical (unpaired) electrons. The van der Waals surface area contributed by atoms with E-state index in [1.54, 1.807) is 29.7 Å². The van der Waals surface area contributed by atoms with Crippen molar-refractivity contribution in [1.29, 1.82) is 0 Å². The van der Waals surface area contributed by atoms with Crippen LogP contribution in [-0.4, -0.2) is 9.97 Å². The molecule has 108 valence electrons. The van der Waals surface area contributed by atoms with Crippen LogP contribution in [0, 0.1) is 6.92 Å². The van der Waals surface area contributed by atoms with Crippen molar-refractivity contribution in [1.82, 2.24) is 9.97 Å². The lowest BCUT2D eigenvalue weighted by molar-refractivity contribution is 1.30. The number of hydrogen-bond acceptors (Lipinski definition) is 3. The van der Waals surface area contributed by atoms with Gasteiger partial charge in [-0.15, -0.1) is 11.3 Å². The Labute approximate surface area is 141 Å². The summed E-state index contributed by atoms with van der Waals surface area (Å²) in [5.74, 6) is 0. The van der Waals surface area contributed by atoms with Crippen LogP contribution < -0.4 is 0 Å². The lowest BCUT2D eigenvalue weighted by atomic mass is 10.1. The summed E-state index contributed by atoms with van der Waals surface area (Å²) < 4.78 is 1.26. The highest BCUT2D eigenvalue weighted by Crippen LogP contribution is 2.37. The fourth-order valence-electron chi connectivity index (χ4n) is 2.54. The van der Waals surface area contributed by atoms with Crippen LogP contribution in [0.3, 0.4) is 0 Å². The Morgan fingerprint density at radius 3 is 2.50 bits per heavy atom. The van der Waals surface area contributed by atoms with Crippen LogP contribution in [0.2, 0.25) is 10.0 Å². The van der Waals surface area contributed by atoms with E-state index in [4.69, 9.17) is 28.2 Å². The van der Waals surface area contributed by atoms with Crippen LogP contribution >= 0.6 is 34.5 Å². The van der Waals surface area contributed by atoms with E-state index in [0.717, 1.165) is 21.6 Å². The Hall–Kier alpha value is -1.68. The molecule has 0 spiro atoms. The van der Waals surface area contributed by atoms with Gasteiger partial charge in [0.25, 0.3) is 0 Å². The number of nitrogens with zero attached hydrogens (tertiary/aromatic N) is 2. The van der Waals surface area contributed by atoms with Crippen molar-refractivity contribution >= 4 is 55.7 Å². The van der Waals surface area contributed by atoms with Crippen LogP contribution in [0.1, 0.15) is 5.56 Å². The summed E-state index contributed by atoms with van der Waals surface area (Å²) in [7, 11) is 0. The first-order chi connectivity index (χ1) is 10.6. The molecule has 22 heavy (non-hydrogen) atoms. The third-order valence-electron chi connectivity index (χ3n) is 3.66. The Morgan fingerprint density at radius 2 is 1.73 bits per heavy atom. The van der Waals surface area contributed by atoms with Crippen molar-refractivity contribution in [2.24, 2.45) is 0 Å². The van der Waals surface area contributed by atoms with Crippen molar-refractivity contribution in [2.45, 2.75) is 6.92 Å². The monoisotopic (exact) mass is 344 g/mol. The average Bonchev–Trinajstić information content (AvgIpc) is 2.86. The van der Waals surface area contributed by atoms with Gasteiger partial charge in [-0.1, -0.05) is 41.4 Å². The molecular formula is C17H10Cl2N2S. The van der Waals surface area contributed by atoms with E-state index in [1.807, 2.05) is 0 Å². The van der Waals surface area contributed by atoms with E-state index in [9.17, 15) is 0 Å². The number of halogens is 2. The molecule has 0 amide bonds. The van der Waals surface area contributed by atoms with E-state index in [0.29, 0.717) is 10.0 Å². The summed E-state index contributed by atoms with van der Waals surface area (Å²) in [6.45, 7) is 2.12. The molecule has 4 rings (SSSR count). The zero-order chi connectivity index (χ0) is 15.3. The Balaban J connectivity index is 1.96. The number of benzene rings is 2. The predicted octanol–water partition coefficient (Wildman–Crippen LogP) is 6.13. The second-order valence-corrected chi connectivity index (χ2v) is 6.93. The number of fused-ring (bicyclic) bond motifs is 2. The first-order valence-corrected chi connectivity index (χ1v) is 8.31. The van der Waals surface area contributed by atoms with Gasteiger partial charge in [0.1, 0.15) is 0 Å². The molecule has 0 aliphatic rings. The molecule has 0 aliphatic carbocycles. The minimum atomic E-state index is 0.494. The minimum absolute atomic E-state index is 0.494. The van der Waals surface area contributed by atoms with Gasteiger partial charge in [0, 0.05) is 4.70 Å². The molecule has 0 bridgehead atoms. The largest absolute Gasteiger partial charge is 0.252 e. The molecule has 2 heterocycles. The van der Waals surface area contributed by atoms with Gasteiger partial charge in [0.05, 0.1) is 37.8 Å². The molecule has 0 N–H and O–H groups in total. The van der Waals surface area contributed by atoms with Crippen molar-refractivity contribution < 1.29 is 0 Å². The highest BCUT2D eigenvalue weighted by Gasteiger charge is 2.12. The summed E-state index contributed by atoms with van der Waals surface area (Å²) >= 11 is 13.8. The van der Waals surface area contributed by atoms with Gasteiger partial charge in [0.2, 0.25) is 0 Å². The van der Waals surface area contributed by atoms with Crippen LogP contribution in [0.15, 0.2) is 42.6 Å². The Morgan fingerprint density at radius 1 is 1.00 bits per heavy atom. The van der Waals surface area contributed by atoms with Crippen molar-refractivity contribution in [2.75, 3.05) is 0 Å². The van der Waals surface area contributed by atoms with Crippen molar-refractivity contribution in [3.05, 3.63) is 58.2 Å². The maximum atomic E-state index is 6.08. The lowest BCUT2D eigenvalue weighted by Crippen LogP contribution is -1.88. The van der Waals surface area contributed by atoms with Gasteiger partial charge < -0.3 is 0 Å². The maximum Gasteiger partial charge on any atom is 0.0995 e. The Kier molecular flexibility index (Phi) is 3.30.